The summed E-state index contributed by atoms with van der Waals surface area (Å²) in [6.45, 7) is 5.74. The second-order valence-corrected chi connectivity index (χ2v) is 5.68. The Hall–Kier alpha value is -2.62. The van der Waals surface area contributed by atoms with Crippen LogP contribution in [0.5, 0.6) is 0 Å². The van der Waals surface area contributed by atoms with E-state index in [1.54, 1.807) is 6.92 Å². The second kappa shape index (κ2) is 5.64. The Morgan fingerprint density at radius 2 is 1.86 bits per heavy atom. The topological polar surface area (TPSA) is 55.1 Å². The Morgan fingerprint density at radius 1 is 1.14 bits per heavy atom. The molecule has 1 amide bonds. The van der Waals surface area contributed by atoms with Crippen LogP contribution in [0.3, 0.4) is 0 Å². The molecule has 1 N–H and O–H groups in total. The summed E-state index contributed by atoms with van der Waals surface area (Å²) in [4.78, 5) is 12.5. The average Bonchev–Trinajstić information content (AvgIpc) is 2.89. The van der Waals surface area contributed by atoms with Crippen molar-refractivity contribution in [1.29, 1.82) is 0 Å². The van der Waals surface area contributed by atoms with Gasteiger partial charge in [-0.25, -0.2) is 0 Å². The van der Waals surface area contributed by atoms with E-state index < -0.39 is 0 Å². The van der Waals surface area contributed by atoms with Gasteiger partial charge in [0.2, 0.25) is 0 Å². The highest BCUT2D eigenvalue weighted by Crippen LogP contribution is 2.24. The van der Waals surface area contributed by atoms with Crippen molar-refractivity contribution in [3.63, 3.8) is 0 Å². The lowest BCUT2D eigenvalue weighted by Crippen LogP contribution is -2.14. The Morgan fingerprint density at radius 3 is 2.59 bits per heavy atom. The number of hydrogen-bond donors (Lipinski definition) is 1. The van der Waals surface area contributed by atoms with Gasteiger partial charge in [-0.15, -0.1) is 0 Å². The molecule has 0 saturated carbocycles. The zero-order chi connectivity index (χ0) is 15.7. The molecule has 112 valence electrons. The van der Waals surface area contributed by atoms with Gasteiger partial charge in [0, 0.05) is 11.6 Å². The third-order valence-corrected chi connectivity index (χ3v) is 3.65. The van der Waals surface area contributed by atoms with Gasteiger partial charge in [-0.05, 0) is 29.8 Å². The molecule has 4 heteroatoms. The lowest BCUT2D eigenvalue weighted by atomic mass is 10.0. The molecule has 22 heavy (non-hydrogen) atoms. The van der Waals surface area contributed by atoms with E-state index in [0.717, 1.165) is 16.5 Å². The van der Waals surface area contributed by atoms with Gasteiger partial charge < -0.3 is 9.84 Å². The summed E-state index contributed by atoms with van der Waals surface area (Å²) in [5, 5.41) is 9.08. The van der Waals surface area contributed by atoms with E-state index in [2.05, 4.69) is 10.5 Å². The van der Waals surface area contributed by atoms with Gasteiger partial charge in [0.1, 0.15) is 5.56 Å². The first-order chi connectivity index (χ1) is 10.6. The van der Waals surface area contributed by atoms with Crippen LogP contribution in [0, 0.1) is 6.92 Å². The van der Waals surface area contributed by atoms with Crippen molar-refractivity contribution in [3.8, 4) is 0 Å². The summed E-state index contributed by atoms with van der Waals surface area (Å²) >= 11 is 0. The number of rotatable bonds is 3. The van der Waals surface area contributed by atoms with E-state index in [4.69, 9.17) is 4.52 Å². The minimum Gasteiger partial charge on any atom is -0.360 e. The van der Waals surface area contributed by atoms with Crippen LogP contribution in [-0.4, -0.2) is 11.1 Å². The van der Waals surface area contributed by atoms with Gasteiger partial charge in [0.05, 0.1) is 5.69 Å². The first-order valence-electron chi connectivity index (χ1n) is 7.32. The molecule has 0 unspecified atom stereocenters. The van der Waals surface area contributed by atoms with Crippen molar-refractivity contribution < 1.29 is 9.32 Å². The molecular weight excluding hydrogens is 276 g/mol. The van der Waals surface area contributed by atoms with Crippen molar-refractivity contribution in [3.05, 3.63) is 59.5 Å². The van der Waals surface area contributed by atoms with Gasteiger partial charge in [0.25, 0.3) is 5.91 Å². The van der Waals surface area contributed by atoms with Crippen LogP contribution in [0.25, 0.3) is 10.8 Å². The predicted molar refractivity (Wildman–Crippen MR) is 87.2 cm³/mol. The molecule has 0 atom stereocenters. The number of fused-ring (bicyclic) bond motifs is 1. The summed E-state index contributed by atoms with van der Waals surface area (Å²) in [7, 11) is 0. The highest BCUT2D eigenvalue weighted by Gasteiger charge is 2.22. The molecule has 1 aromatic heterocycles. The van der Waals surface area contributed by atoms with Crippen LogP contribution >= 0.6 is 0 Å². The molecule has 3 aromatic rings. The minimum absolute atomic E-state index is 0.110. The lowest BCUT2D eigenvalue weighted by molar-refractivity contribution is 0.102. The van der Waals surface area contributed by atoms with E-state index >= 15 is 0 Å². The highest BCUT2D eigenvalue weighted by atomic mass is 16.5. The first kappa shape index (κ1) is 14.3. The molecule has 0 aliphatic rings. The highest BCUT2D eigenvalue weighted by molar-refractivity contribution is 6.06. The van der Waals surface area contributed by atoms with E-state index in [0.29, 0.717) is 17.0 Å². The van der Waals surface area contributed by atoms with E-state index in [-0.39, 0.29) is 11.8 Å². The van der Waals surface area contributed by atoms with Gasteiger partial charge in [-0.1, -0.05) is 49.3 Å². The second-order valence-electron chi connectivity index (χ2n) is 5.68. The number of amides is 1. The Labute approximate surface area is 129 Å². The van der Waals surface area contributed by atoms with E-state index in [1.165, 1.54) is 0 Å². The fraction of sp³-hybridized carbons (Fsp3) is 0.222. The average molecular weight is 294 g/mol. The van der Waals surface area contributed by atoms with Crippen molar-refractivity contribution >= 4 is 22.4 Å². The molecule has 0 aliphatic heterocycles. The van der Waals surface area contributed by atoms with Gasteiger partial charge in [-0.3, -0.25) is 4.79 Å². The number of benzene rings is 2. The smallest absolute Gasteiger partial charge is 0.261 e. The molecule has 1 heterocycles. The molecule has 0 saturated heterocycles. The summed E-state index contributed by atoms with van der Waals surface area (Å²) in [6.07, 6.45) is 0. The van der Waals surface area contributed by atoms with Gasteiger partial charge in [-0.2, -0.15) is 0 Å². The molecule has 0 spiro atoms. The van der Waals surface area contributed by atoms with Crippen molar-refractivity contribution in [2.75, 3.05) is 5.32 Å². The SMILES string of the molecule is Cc1noc(C(C)C)c1C(=O)Nc1ccc2ccccc2c1. The fourth-order valence-corrected chi connectivity index (χ4v) is 2.52. The van der Waals surface area contributed by atoms with Crippen LogP contribution in [0.1, 0.15) is 41.6 Å². The normalized spacial score (nSPS) is 11.1. The maximum atomic E-state index is 12.5. The van der Waals surface area contributed by atoms with Gasteiger partial charge >= 0.3 is 0 Å². The third kappa shape index (κ3) is 2.60. The summed E-state index contributed by atoms with van der Waals surface area (Å²) in [5.41, 5.74) is 1.91. The zero-order valence-corrected chi connectivity index (χ0v) is 12.9. The molecule has 0 bridgehead atoms. The number of nitrogens with one attached hydrogen (secondary N) is 1. The molecule has 0 fully saturated rings. The first-order valence-corrected chi connectivity index (χ1v) is 7.32. The lowest BCUT2D eigenvalue weighted by Gasteiger charge is -2.08. The van der Waals surface area contributed by atoms with Crippen LogP contribution in [0.15, 0.2) is 47.0 Å². The molecule has 4 nitrogen and oxygen atoms in total. The number of aryl methyl sites for hydroxylation is 1. The standard InChI is InChI=1S/C18H18N2O2/c1-11(2)17-16(12(3)20-22-17)18(21)19-15-9-8-13-6-4-5-7-14(13)10-15/h4-11H,1-3H3,(H,19,21). The third-order valence-electron chi connectivity index (χ3n) is 3.65. The minimum atomic E-state index is -0.183. The Kier molecular flexibility index (Phi) is 3.67. The summed E-state index contributed by atoms with van der Waals surface area (Å²) < 4.78 is 5.28. The van der Waals surface area contributed by atoms with E-state index in [9.17, 15) is 4.79 Å². The van der Waals surface area contributed by atoms with Crippen LogP contribution in [-0.2, 0) is 0 Å². The van der Waals surface area contributed by atoms with Crippen molar-refractivity contribution in [1.82, 2.24) is 5.16 Å². The van der Waals surface area contributed by atoms with Crippen LogP contribution < -0.4 is 5.32 Å². The van der Waals surface area contributed by atoms with Crippen molar-refractivity contribution in [2.24, 2.45) is 0 Å². The maximum absolute atomic E-state index is 12.5. The number of carbonyl (C=O) groups excluding carboxylic acids is 1. The van der Waals surface area contributed by atoms with E-state index in [1.807, 2.05) is 56.3 Å². The molecule has 3 rings (SSSR count). The van der Waals surface area contributed by atoms with Gasteiger partial charge in [0.15, 0.2) is 5.76 Å². The zero-order valence-electron chi connectivity index (χ0n) is 12.9. The Bertz CT molecular complexity index is 834. The van der Waals surface area contributed by atoms with Crippen LogP contribution in [0.4, 0.5) is 5.69 Å². The molecule has 0 radical (unpaired) electrons. The quantitative estimate of drug-likeness (QED) is 0.773. The monoisotopic (exact) mass is 294 g/mol. The van der Waals surface area contributed by atoms with Crippen LogP contribution in [0.2, 0.25) is 0 Å². The summed E-state index contributed by atoms with van der Waals surface area (Å²) in [6, 6.07) is 13.9. The fourth-order valence-electron chi connectivity index (χ4n) is 2.52. The van der Waals surface area contributed by atoms with Crippen molar-refractivity contribution in [2.45, 2.75) is 26.7 Å². The molecule has 0 aliphatic carbocycles. The maximum Gasteiger partial charge on any atom is 0.261 e. The molecule has 2 aromatic carbocycles. The number of carbonyl (C=O) groups is 1. The number of anilines is 1. The summed E-state index contributed by atoms with van der Waals surface area (Å²) in [5.74, 6) is 0.548. The number of aromatic nitrogens is 1. The molecular formula is C18H18N2O2. The predicted octanol–water partition coefficient (Wildman–Crippen LogP) is 4.51. The largest absolute Gasteiger partial charge is 0.360 e. The number of nitrogens with zero attached hydrogens (tertiary/aromatic N) is 1. The number of hydrogen-bond acceptors (Lipinski definition) is 3. The Balaban J connectivity index is 1.91.